The van der Waals surface area contributed by atoms with Gasteiger partial charge in [0.1, 0.15) is 23.0 Å². The van der Waals surface area contributed by atoms with Gasteiger partial charge < -0.3 is 11.1 Å². The molecule has 10 heteroatoms. The van der Waals surface area contributed by atoms with Crippen LogP contribution < -0.4 is 11.1 Å². The van der Waals surface area contributed by atoms with E-state index in [0.29, 0.717) is 22.6 Å². The van der Waals surface area contributed by atoms with Crippen LogP contribution in [0.1, 0.15) is 34.8 Å². The maximum atomic E-state index is 14.5. The number of nitrogen functional groups attached to an aromatic ring is 1. The molecule has 1 aliphatic carbocycles. The minimum Gasteiger partial charge on any atom is -0.382 e. The number of aromatic nitrogens is 6. The lowest BCUT2D eigenvalue weighted by Crippen LogP contribution is -2.20. The van der Waals surface area contributed by atoms with Crippen LogP contribution in [-0.4, -0.2) is 35.6 Å². The Kier molecular flexibility index (Phi) is 5.14. The number of nitrogens with two attached hydrogens (primary N) is 1. The van der Waals surface area contributed by atoms with E-state index in [1.807, 2.05) is 30.3 Å². The second-order valence-electron chi connectivity index (χ2n) is 8.72. The average Bonchev–Trinajstić information content (AvgIpc) is 3.62. The Morgan fingerprint density at radius 1 is 1.08 bits per heavy atom. The van der Waals surface area contributed by atoms with Gasteiger partial charge >= 0.3 is 0 Å². The van der Waals surface area contributed by atoms with Crippen molar-refractivity contribution >= 4 is 28.4 Å². The third-order valence-electron chi connectivity index (χ3n) is 6.12. The number of benzene rings is 1. The van der Waals surface area contributed by atoms with Crippen LogP contribution in [-0.2, 0) is 7.05 Å². The number of amides is 1. The number of pyridine rings is 2. The van der Waals surface area contributed by atoms with Crippen LogP contribution in [0.4, 0.5) is 16.0 Å². The number of fused-ring (bicyclic) bond motifs is 1. The van der Waals surface area contributed by atoms with E-state index in [4.69, 9.17) is 5.73 Å². The Balaban J connectivity index is 1.47. The van der Waals surface area contributed by atoms with E-state index in [0.717, 1.165) is 29.3 Å². The minimum absolute atomic E-state index is 0.0470. The smallest absolute Gasteiger partial charge is 0.279 e. The average molecular weight is 481 g/mol. The summed E-state index contributed by atoms with van der Waals surface area (Å²) in [5.74, 6) is -0.848. The first-order valence-electron chi connectivity index (χ1n) is 11.5. The number of rotatable bonds is 5. The molecule has 0 spiro atoms. The first-order valence-corrected chi connectivity index (χ1v) is 11.5. The summed E-state index contributed by atoms with van der Waals surface area (Å²) >= 11 is 0. The molecule has 36 heavy (non-hydrogen) atoms. The topological polar surface area (TPSA) is 124 Å². The van der Waals surface area contributed by atoms with E-state index in [1.54, 1.807) is 30.2 Å². The molecule has 1 amide bonds. The van der Waals surface area contributed by atoms with Crippen molar-refractivity contribution in [3.8, 4) is 22.6 Å². The van der Waals surface area contributed by atoms with Crippen LogP contribution in [0.3, 0.4) is 0 Å². The van der Waals surface area contributed by atoms with Crippen LogP contribution in [0.5, 0.6) is 0 Å². The summed E-state index contributed by atoms with van der Waals surface area (Å²) in [4.78, 5) is 31.1. The Morgan fingerprint density at radius 3 is 2.72 bits per heavy atom. The quantitative estimate of drug-likeness (QED) is 0.383. The Hall–Kier alpha value is -4.73. The van der Waals surface area contributed by atoms with Crippen molar-refractivity contribution in [3.63, 3.8) is 0 Å². The summed E-state index contributed by atoms with van der Waals surface area (Å²) in [6.45, 7) is 0. The summed E-state index contributed by atoms with van der Waals surface area (Å²) in [7, 11) is 1.80. The van der Waals surface area contributed by atoms with Gasteiger partial charge in [-0.1, -0.05) is 12.1 Å². The van der Waals surface area contributed by atoms with Gasteiger partial charge in [-0.15, -0.1) is 0 Å². The molecule has 9 nitrogen and oxygen atoms in total. The highest BCUT2D eigenvalue weighted by Gasteiger charge is 2.31. The van der Waals surface area contributed by atoms with Gasteiger partial charge in [-0.05, 0) is 49.1 Å². The molecule has 0 aliphatic heterocycles. The number of nitrogens with one attached hydrogen (secondary N) is 1. The normalized spacial score (nSPS) is 13.2. The maximum Gasteiger partial charge on any atom is 0.279 e. The standard InChI is InChI=1S/C26H21FN8O/c1-35-12-9-19(34-35)22-21(16-6-7-18-15(13-16)3-2-10-29-18)31-23(24(28)32-22)26(36)33-25-20(14-4-5-14)17(27)8-11-30-25/h2-3,6-14H,4-5H2,1H3,(H2,28,32)(H,30,33,36). The molecule has 5 aromatic rings. The maximum absolute atomic E-state index is 14.5. The van der Waals surface area contributed by atoms with Crippen molar-refractivity contribution in [2.75, 3.05) is 11.1 Å². The van der Waals surface area contributed by atoms with Gasteiger partial charge in [-0.2, -0.15) is 5.10 Å². The van der Waals surface area contributed by atoms with E-state index in [9.17, 15) is 9.18 Å². The lowest BCUT2D eigenvalue weighted by atomic mass is 10.0. The van der Waals surface area contributed by atoms with Gasteiger partial charge in [-0.25, -0.2) is 19.3 Å². The fourth-order valence-corrected chi connectivity index (χ4v) is 4.24. The number of anilines is 2. The highest BCUT2D eigenvalue weighted by atomic mass is 19.1. The highest BCUT2D eigenvalue weighted by molar-refractivity contribution is 6.06. The lowest BCUT2D eigenvalue weighted by molar-refractivity contribution is 0.102. The molecule has 0 atom stereocenters. The van der Waals surface area contributed by atoms with E-state index in [1.165, 1.54) is 12.3 Å². The molecule has 1 aromatic carbocycles. The zero-order valence-corrected chi connectivity index (χ0v) is 19.3. The van der Waals surface area contributed by atoms with Crippen molar-refractivity contribution in [3.05, 3.63) is 78.1 Å². The van der Waals surface area contributed by atoms with E-state index < -0.39 is 11.7 Å². The molecule has 0 saturated heterocycles. The molecule has 1 fully saturated rings. The number of aryl methyl sites for hydroxylation is 1. The summed E-state index contributed by atoms with van der Waals surface area (Å²) in [5, 5.41) is 8.06. The summed E-state index contributed by atoms with van der Waals surface area (Å²) in [5.41, 5.74) is 9.54. The number of carbonyl (C=O) groups is 1. The molecule has 1 aliphatic rings. The molecule has 3 N–H and O–H groups in total. The molecule has 6 rings (SSSR count). The molecule has 178 valence electrons. The fourth-order valence-electron chi connectivity index (χ4n) is 4.24. The van der Waals surface area contributed by atoms with E-state index in [-0.39, 0.29) is 23.2 Å². The highest BCUT2D eigenvalue weighted by Crippen LogP contribution is 2.44. The molecule has 0 bridgehead atoms. The van der Waals surface area contributed by atoms with Gasteiger partial charge in [0, 0.05) is 42.2 Å². The molecule has 1 saturated carbocycles. The van der Waals surface area contributed by atoms with Crippen molar-refractivity contribution < 1.29 is 9.18 Å². The number of nitrogens with zero attached hydrogens (tertiary/aromatic N) is 6. The Labute approximate surface area is 205 Å². The summed E-state index contributed by atoms with van der Waals surface area (Å²) in [6, 6.07) is 12.6. The van der Waals surface area contributed by atoms with Gasteiger partial charge in [-0.3, -0.25) is 14.5 Å². The third-order valence-corrected chi connectivity index (χ3v) is 6.12. The lowest BCUT2D eigenvalue weighted by Gasteiger charge is -2.14. The Morgan fingerprint density at radius 2 is 1.94 bits per heavy atom. The Bertz CT molecular complexity index is 1640. The van der Waals surface area contributed by atoms with Crippen LogP contribution in [0.15, 0.2) is 61.1 Å². The molecular weight excluding hydrogens is 459 g/mol. The molecular formula is C26H21FN8O. The third kappa shape index (κ3) is 3.92. The van der Waals surface area contributed by atoms with Crippen LogP contribution >= 0.6 is 0 Å². The molecule has 0 radical (unpaired) electrons. The largest absolute Gasteiger partial charge is 0.382 e. The van der Waals surface area contributed by atoms with Crippen molar-refractivity contribution in [2.45, 2.75) is 18.8 Å². The summed E-state index contributed by atoms with van der Waals surface area (Å²) in [6.07, 6.45) is 6.55. The van der Waals surface area contributed by atoms with Gasteiger partial charge in [0.05, 0.1) is 11.2 Å². The van der Waals surface area contributed by atoms with Gasteiger partial charge in [0.2, 0.25) is 0 Å². The minimum atomic E-state index is -0.615. The number of halogens is 1. The summed E-state index contributed by atoms with van der Waals surface area (Å²) < 4.78 is 16.1. The number of hydrogen-bond donors (Lipinski definition) is 2. The first kappa shape index (κ1) is 21.8. The van der Waals surface area contributed by atoms with Crippen LogP contribution in [0.2, 0.25) is 0 Å². The van der Waals surface area contributed by atoms with E-state index in [2.05, 4.69) is 30.4 Å². The van der Waals surface area contributed by atoms with Crippen molar-refractivity contribution in [1.29, 1.82) is 0 Å². The number of carbonyl (C=O) groups excluding carboxylic acids is 1. The monoisotopic (exact) mass is 480 g/mol. The van der Waals surface area contributed by atoms with Crippen LogP contribution in [0, 0.1) is 5.82 Å². The zero-order valence-electron chi connectivity index (χ0n) is 19.3. The second kappa shape index (κ2) is 8.49. The molecule has 4 heterocycles. The zero-order chi connectivity index (χ0) is 24.8. The fraction of sp³-hybridized carbons (Fsp3) is 0.154. The first-order chi connectivity index (χ1) is 17.5. The SMILES string of the molecule is Cn1ccc(-c2nc(N)c(C(=O)Nc3nccc(F)c3C3CC3)nc2-c2ccc3ncccc3c2)n1. The molecule has 4 aromatic heterocycles. The van der Waals surface area contributed by atoms with Crippen LogP contribution in [0.25, 0.3) is 33.5 Å². The molecule has 0 unspecified atom stereocenters. The van der Waals surface area contributed by atoms with Gasteiger partial charge in [0.25, 0.3) is 5.91 Å². The van der Waals surface area contributed by atoms with Gasteiger partial charge in [0.15, 0.2) is 11.5 Å². The van der Waals surface area contributed by atoms with Crippen molar-refractivity contribution in [1.82, 2.24) is 29.7 Å². The predicted octanol–water partition coefficient (Wildman–Crippen LogP) is 4.34. The van der Waals surface area contributed by atoms with Crippen molar-refractivity contribution in [2.24, 2.45) is 7.05 Å². The number of hydrogen-bond acceptors (Lipinski definition) is 7. The predicted molar refractivity (Wildman–Crippen MR) is 134 cm³/mol. The van der Waals surface area contributed by atoms with E-state index >= 15 is 0 Å². The second-order valence-corrected chi connectivity index (χ2v) is 8.72.